The van der Waals surface area contributed by atoms with Gasteiger partial charge in [0.25, 0.3) is 11.6 Å². The van der Waals surface area contributed by atoms with Gasteiger partial charge in [0, 0.05) is 18.7 Å². The third-order valence-corrected chi connectivity index (χ3v) is 3.79. The number of carbonyl (C=O) groups excluding carboxylic acids is 1. The number of nitro groups is 1. The quantitative estimate of drug-likeness (QED) is 0.619. The fraction of sp³-hybridized carbons (Fsp3) is 0.500. The zero-order valence-electron chi connectivity index (χ0n) is 12.1. The summed E-state index contributed by atoms with van der Waals surface area (Å²) in [6, 6.07) is 4.11. The molecular formula is C14H19ClN2O4. The lowest BCUT2D eigenvalue weighted by atomic mass is 10.1. The third-order valence-electron chi connectivity index (χ3n) is 3.39. The molecule has 1 amide bonds. The van der Waals surface area contributed by atoms with Crippen LogP contribution in [-0.4, -0.2) is 40.0 Å². The first-order chi connectivity index (χ1) is 9.97. The van der Waals surface area contributed by atoms with E-state index in [9.17, 15) is 14.9 Å². The molecule has 0 aliphatic rings. The molecule has 0 aromatic heterocycles. The first-order valence-corrected chi connectivity index (χ1v) is 7.20. The summed E-state index contributed by atoms with van der Waals surface area (Å²) in [5, 5.41) is 19.9. The van der Waals surface area contributed by atoms with Crippen molar-refractivity contribution >= 4 is 23.2 Å². The molecule has 1 N–H and O–H groups in total. The maximum absolute atomic E-state index is 12.6. The Balaban J connectivity index is 3.21. The molecule has 0 bridgehead atoms. The monoisotopic (exact) mass is 314 g/mol. The van der Waals surface area contributed by atoms with Crippen molar-refractivity contribution in [1.29, 1.82) is 0 Å². The zero-order valence-corrected chi connectivity index (χ0v) is 12.8. The molecule has 1 rings (SSSR count). The molecule has 0 heterocycles. The van der Waals surface area contributed by atoms with Crippen LogP contribution >= 0.6 is 11.6 Å². The van der Waals surface area contributed by atoms with E-state index in [0.29, 0.717) is 0 Å². The molecule has 0 atom stereocenters. The number of benzene rings is 1. The first-order valence-electron chi connectivity index (χ1n) is 6.82. The Morgan fingerprint density at radius 1 is 1.43 bits per heavy atom. The van der Waals surface area contributed by atoms with Gasteiger partial charge >= 0.3 is 0 Å². The van der Waals surface area contributed by atoms with Crippen LogP contribution in [0.2, 0.25) is 5.02 Å². The van der Waals surface area contributed by atoms with Gasteiger partial charge in [0.2, 0.25) is 0 Å². The molecule has 116 valence electrons. The number of amides is 1. The van der Waals surface area contributed by atoms with Gasteiger partial charge in [-0.3, -0.25) is 14.9 Å². The Bertz CT molecular complexity index is 518. The molecule has 0 aliphatic carbocycles. The van der Waals surface area contributed by atoms with Crippen LogP contribution in [0.4, 0.5) is 5.69 Å². The molecule has 1 aromatic carbocycles. The topological polar surface area (TPSA) is 83.7 Å². The van der Waals surface area contributed by atoms with Gasteiger partial charge in [0.1, 0.15) is 5.02 Å². The van der Waals surface area contributed by atoms with Crippen LogP contribution in [0.15, 0.2) is 18.2 Å². The SMILES string of the molecule is CCC(CC)N(CCO)C(=O)c1cccc([N+](=O)[O-])c1Cl. The van der Waals surface area contributed by atoms with Crippen molar-refractivity contribution in [2.45, 2.75) is 32.7 Å². The van der Waals surface area contributed by atoms with Gasteiger partial charge in [-0.25, -0.2) is 0 Å². The molecule has 0 saturated heterocycles. The number of aliphatic hydroxyl groups is 1. The van der Waals surface area contributed by atoms with E-state index in [1.807, 2.05) is 13.8 Å². The van der Waals surface area contributed by atoms with Gasteiger partial charge in [0.15, 0.2) is 0 Å². The molecule has 0 aliphatic heterocycles. The van der Waals surface area contributed by atoms with Crippen LogP contribution in [-0.2, 0) is 0 Å². The zero-order chi connectivity index (χ0) is 16.0. The van der Waals surface area contributed by atoms with E-state index < -0.39 is 10.8 Å². The van der Waals surface area contributed by atoms with Crippen molar-refractivity contribution in [2.75, 3.05) is 13.2 Å². The second kappa shape index (κ2) is 7.95. The van der Waals surface area contributed by atoms with Crippen molar-refractivity contribution < 1.29 is 14.8 Å². The van der Waals surface area contributed by atoms with Crippen molar-refractivity contribution in [2.24, 2.45) is 0 Å². The lowest BCUT2D eigenvalue weighted by molar-refractivity contribution is -0.384. The fourth-order valence-electron chi connectivity index (χ4n) is 2.27. The summed E-state index contributed by atoms with van der Waals surface area (Å²) >= 11 is 5.98. The number of nitrogens with zero attached hydrogens (tertiary/aromatic N) is 2. The maximum atomic E-state index is 12.6. The number of rotatable bonds is 7. The van der Waals surface area contributed by atoms with Gasteiger partial charge in [-0.15, -0.1) is 0 Å². The minimum Gasteiger partial charge on any atom is -0.395 e. The minimum absolute atomic E-state index is 0.0417. The van der Waals surface area contributed by atoms with Crippen LogP contribution in [0, 0.1) is 10.1 Å². The summed E-state index contributed by atoms with van der Waals surface area (Å²) in [4.78, 5) is 24.4. The summed E-state index contributed by atoms with van der Waals surface area (Å²) in [6.07, 6.45) is 1.46. The van der Waals surface area contributed by atoms with Gasteiger partial charge in [-0.2, -0.15) is 0 Å². The highest BCUT2D eigenvalue weighted by Gasteiger charge is 2.26. The minimum atomic E-state index is -0.618. The van der Waals surface area contributed by atoms with Crippen LogP contribution in [0.5, 0.6) is 0 Å². The van der Waals surface area contributed by atoms with Crippen molar-refractivity contribution in [3.05, 3.63) is 38.9 Å². The van der Waals surface area contributed by atoms with E-state index >= 15 is 0 Å². The molecular weight excluding hydrogens is 296 g/mol. The summed E-state index contributed by atoms with van der Waals surface area (Å²) in [7, 11) is 0. The number of hydrogen-bond donors (Lipinski definition) is 1. The van der Waals surface area contributed by atoms with E-state index in [2.05, 4.69) is 0 Å². The van der Waals surface area contributed by atoms with E-state index in [0.717, 1.165) is 12.8 Å². The molecule has 6 nitrogen and oxygen atoms in total. The second-order valence-electron chi connectivity index (χ2n) is 4.59. The Kier molecular flexibility index (Phi) is 6.58. The highest BCUT2D eigenvalue weighted by molar-refractivity contribution is 6.35. The molecule has 7 heteroatoms. The van der Waals surface area contributed by atoms with E-state index in [1.54, 1.807) is 0 Å². The summed E-state index contributed by atoms with van der Waals surface area (Å²) < 4.78 is 0. The van der Waals surface area contributed by atoms with Crippen LogP contribution in [0.1, 0.15) is 37.0 Å². The number of hydrogen-bond acceptors (Lipinski definition) is 4. The molecule has 0 radical (unpaired) electrons. The largest absolute Gasteiger partial charge is 0.395 e. The van der Waals surface area contributed by atoms with Crippen molar-refractivity contribution in [1.82, 2.24) is 4.90 Å². The van der Waals surface area contributed by atoms with Crippen molar-refractivity contribution in [3.63, 3.8) is 0 Å². The normalized spacial score (nSPS) is 10.7. The predicted molar refractivity (Wildman–Crippen MR) is 80.6 cm³/mol. The van der Waals surface area contributed by atoms with E-state index in [-0.39, 0.29) is 35.5 Å². The fourth-order valence-corrected chi connectivity index (χ4v) is 2.54. The lowest BCUT2D eigenvalue weighted by Crippen LogP contribution is -2.41. The average Bonchev–Trinajstić information content (AvgIpc) is 2.46. The van der Waals surface area contributed by atoms with Gasteiger partial charge < -0.3 is 10.0 Å². The smallest absolute Gasteiger partial charge is 0.288 e. The van der Waals surface area contributed by atoms with Crippen LogP contribution in [0.3, 0.4) is 0 Å². The predicted octanol–water partition coefficient (Wildman–Crippen LogP) is 2.87. The second-order valence-corrected chi connectivity index (χ2v) is 4.97. The molecule has 0 spiro atoms. The Labute approximate surface area is 128 Å². The van der Waals surface area contributed by atoms with Gasteiger partial charge in [-0.1, -0.05) is 31.5 Å². The van der Waals surface area contributed by atoms with Crippen molar-refractivity contribution in [3.8, 4) is 0 Å². The highest BCUT2D eigenvalue weighted by Crippen LogP contribution is 2.29. The molecule has 21 heavy (non-hydrogen) atoms. The summed E-state index contributed by atoms with van der Waals surface area (Å²) in [6.45, 7) is 3.89. The average molecular weight is 315 g/mol. The molecule has 0 saturated carbocycles. The number of carbonyl (C=O) groups is 1. The lowest BCUT2D eigenvalue weighted by Gasteiger charge is -2.30. The van der Waals surface area contributed by atoms with Crippen LogP contribution in [0.25, 0.3) is 0 Å². The Morgan fingerprint density at radius 3 is 2.52 bits per heavy atom. The Morgan fingerprint density at radius 2 is 2.05 bits per heavy atom. The van der Waals surface area contributed by atoms with Crippen LogP contribution < -0.4 is 0 Å². The molecule has 0 unspecified atom stereocenters. The maximum Gasteiger partial charge on any atom is 0.288 e. The highest BCUT2D eigenvalue weighted by atomic mass is 35.5. The Hall–Kier alpha value is -1.66. The van der Waals surface area contributed by atoms with Gasteiger partial charge in [-0.05, 0) is 18.9 Å². The first kappa shape index (κ1) is 17.4. The number of halogens is 1. The standard InChI is InChI=1S/C14H19ClN2O4/c1-3-10(4-2)16(8-9-18)14(19)11-6-5-7-12(13(11)15)17(20)21/h5-7,10,18H,3-4,8-9H2,1-2H3. The molecule has 0 fully saturated rings. The summed E-state index contributed by atoms with van der Waals surface area (Å²) in [5.41, 5.74) is -0.206. The summed E-state index contributed by atoms with van der Waals surface area (Å²) in [5.74, 6) is -0.397. The number of nitro benzene ring substituents is 1. The third kappa shape index (κ3) is 3.92. The van der Waals surface area contributed by atoms with Gasteiger partial charge in [0.05, 0.1) is 17.1 Å². The van der Waals surface area contributed by atoms with E-state index in [4.69, 9.17) is 16.7 Å². The number of aliphatic hydroxyl groups excluding tert-OH is 1. The molecule has 1 aromatic rings. The van der Waals surface area contributed by atoms with E-state index in [1.165, 1.54) is 23.1 Å².